The molecule has 0 saturated heterocycles. The number of carbonyl (C=O) groups is 3. The molecule has 0 aliphatic rings. The summed E-state index contributed by atoms with van der Waals surface area (Å²) in [6, 6.07) is 0. The Morgan fingerprint density at radius 3 is 0.859 bits per heavy atom. The van der Waals surface area contributed by atoms with Gasteiger partial charge < -0.3 is 14.2 Å². The number of hydrogen-bond donors (Lipinski definition) is 0. The van der Waals surface area contributed by atoms with E-state index in [1.807, 2.05) is 6.08 Å². The first-order valence-corrected chi connectivity index (χ1v) is 33.2. The number of hydrogen-bond acceptors (Lipinski definition) is 6. The van der Waals surface area contributed by atoms with Crippen molar-refractivity contribution < 1.29 is 28.6 Å². The van der Waals surface area contributed by atoms with Gasteiger partial charge in [-0.2, -0.15) is 0 Å². The summed E-state index contributed by atoms with van der Waals surface area (Å²) in [5.74, 6) is -0.982. The molecule has 6 nitrogen and oxygen atoms in total. The summed E-state index contributed by atoms with van der Waals surface area (Å²) >= 11 is 0. The van der Waals surface area contributed by atoms with E-state index >= 15 is 0 Å². The van der Waals surface area contributed by atoms with Gasteiger partial charge in [0.2, 0.25) is 0 Å². The summed E-state index contributed by atoms with van der Waals surface area (Å²) in [7, 11) is 0. The second kappa shape index (κ2) is 65.8. The number of allylic oxidation sites excluding steroid dienone is 16. The summed E-state index contributed by atoms with van der Waals surface area (Å²) in [4.78, 5) is 38.3. The van der Waals surface area contributed by atoms with Crippen LogP contribution in [0, 0.1) is 0 Å². The van der Waals surface area contributed by atoms with Gasteiger partial charge in [-0.15, -0.1) is 0 Å². The first-order valence-electron chi connectivity index (χ1n) is 33.2. The average Bonchev–Trinajstić information content (AvgIpc) is 3.44. The smallest absolute Gasteiger partial charge is 0.306 e. The molecule has 0 aliphatic heterocycles. The van der Waals surface area contributed by atoms with Crippen molar-refractivity contribution in [2.45, 2.75) is 329 Å². The van der Waals surface area contributed by atoms with Crippen LogP contribution in [0.1, 0.15) is 323 Å². The molecule has 0 aromatic carbocycles. The highest BCUT2D eigenvalue weighted by Crippen LogP contribution is 2.17. The van der Waals surface area contributed by atoms with E-state index in [0.29, 0.717) is 19.3 Å². The zero-order chi connectivity index (χ0) is 56.4. The molecule has 0 radical (unpaired) electrons. The Balaban J connectivity index is 4.31. The van der Waals surface area contributed by atoms with Crippen molar-refractivity contribution in [3.63, 3.8) is 0 Å². The average molecular weight is 1090 g/mol. The number of ether oxygens (including phenoxy) is 3. The summed E-state index contributed by atoms with van der Waals surface area (Å²) < 4.78 is 16.9. The van der Waals surface area contributed by atoms with E-state index < -0.39 is 6.10 Å². The van der Waals surface area contributed by atoms with Crippen LogP contribution < -0.4 is 0 Å². The first kappa shape index (κ1) is 74.3. The lowest BCUT2D eigenvalue weighted by Crippen LogP contribution is -2.30. The first-order chi connectivity index (χ1) is 38.5. The van der Waals surface area contributed by atoms with Crippen molar-refractivity contribution in [1.82, 2.24) is 0 Å². The molecule has 0 bridgehead atoms. The molecule has 0 spiro atoms. The maximum Gasteiger partial charge on any atom is 0.306 e. The van der Waals surface area contributed by atoms with Crippen LogP contribution in [0.25, 0.3) is 0 Å². The van der Waals surface area contributed by atoms with Gasteiger partial charge in [-0.3, -0.25) is 14.4 Å². The van der Waals surface area contributed by atoms with Crippen LogP contribution in [0.5, 0.6) is 0 Å². The number of carbonyl (C=O) groups excluding carboxylic acids is 3. The van der Waals surface area contributed by atoms with Crippen LogP contribution in [0.2, 0.25) is 0 Å². The van der Waals surface area contributed by atoms with E-state index in [2.05, 4.69) is 112 Å². The monoisotopic (exact) mass is 1080 g/mol. The largest absolute Gasteiger partial charge is 0.462 e. The Morgan fingerprint density at radius 1 is 0.269 bits per heavy atom. The van der Waals surface area contributed by atoms with E-state index in [4.69, 9.17) is 14.2 Å². The SMILES string of the molecule is CC/C=C\C/C=C\C/C=C\C/C=C\CCCCCCCCCCC(=O)OC(COC(=O)CC/C=C\C/C=C\C/C=C\C/C=C\CC)COC(=O)CCCCCCCCCCCCCCCCCCCCCCCCCCCC. The highest BCUT2D eigenvalue weighted by Gasteiger charge is 2.19. The third-order valence-corrected chi connectivity index (χ3v) is 14.3. The third-order valence-electron chi connectivity index (χ3n) is 14.3. The van der Waals surface area contributed by atoms with Gasteiger partial charge in [-0.05, 0) is 83.5 Å². The van der Waals surface area contributed by atoms with Crippen LogP contribution >= 0.6 is 0 Å². The molecule has 1 unspecified atom stereocenters. The Kier molecular flexibility index (Phi) is 62.7. The summed E-state index contributed by atoms with van der Waals surface area (Å²) in [6.45, 7) is 6.38. The van der Waals surface area contributed by atoms with Gasteiger partial charge in [0, 0.05) is 19.3 Å². The molecule has 1 atom stereocenters. The van der Waals surface area contributed by atoms with Crippen molar-refractivity contribution in [3.8, 4) is 0 Å². The summed E-state index contributed by atoms with van der Waals surface area (Å²) in [5.41, 5.74) is 0. The Hall–Kier alpha value is -3.67. The van der Waals surface area contributed by atoms with Gasteiger partial charge in [0.25, 0.3) is 0 Å². The molecular formula is C72H124O6. The van der Waals surface area contributed by atoms with Crippen LogP contribution in [0.3, 0.4) is 0 Å². The molecule has 0 saturated carbocycles. The van der Waals surface area contributed by atoms with Crippen molar-refractivity contribution in [2.75, 3.05) is 13.2 Å². The Morgan fingerprint density at radius 2 is 0.526 bits per heavy atom. The second-order valence-corrected chi connectivity index (χ2v) is 22.0. The zero-order valence-corrected chi connectivity index (χ0v) is 51.4. The molecule has 0 aromatic heterocycles. The summed E-state index contributed by atoms with van der Waals surface area (Å²) in [6.07, 6.45) is 88.8. The normalized spacial score (nSPS) is 12.7. The lowest BCUT2D eigenvalue weighted by Gasteiger charge is -2.18. The number of esters is 3. The fourth-order valence-corrected chi connectivity index (χ4v) is 9.45. The molecule has 0 heterocycles. The highest BCUT2D eigenvalue weighted by atomic mass is 16.6. The van der Waals surface area contributed by atoms with Crippen molar-refractivity contribution in [1.29, 1.82) is 0 Å². The molecule has 0 fully saturated rings. The minimum atomic E-state index is -0.812. The van der Waals surface area contributed by atoms with Crippen LogP contribution in [-0.2, 0) is 28.6 Å². The van der Waals surface area contributed by atoms with Crippen LogP contribution in [0.15, 0.2) is 97.2 Å². The van der Waals surface area contributed by atoms with Crippen molar-refractivity contribution >= 4 is 17.9 Å². The van der Waals surface area contributed by atoms with Gasteiger partial charge in [-0.25, -0.2) is 0 Å². The quantitative estimate of drug-likeness (QED) is 0.0261. The predicted molar refractivity (Wildman–Crippen MR) is 339 cm³/mol. The molecule has 0 aromatic rings. The van der Waals surface area contributed by atoms with Gasteiger partial charge in [0.05, 0.1) is 0 Å². The maximum atomic E-state index is 12.9. The molecule has 448 valence electrons. The summed E-state index contributed by atoms with van der Waals surface area (Å²) in [5, 5.41) is 0. The van der Waals surface area contributed by atoms with Crippen molar-refractivity contribution in [2.24, 2.45) is 0 Å². The molecular weight excluding hydrogens is 961 g/mol. The Bertz CT molecular complexity index is 1530. The molecule has 0 aliphatic carbocycles. The minimum absolute atomic E-state index is 0.101. The molecule has 78 heavy (non-hydrogen) atoms. The van der Waals surface area contributed by atoms with Gasteiger partial charge in [0.15, 0.2) is 6.10 Å². The third kappa shape index (κ3) is 63.2. The van der Waals surface area contributed by atoms with Crippen molar-refractivity contribution in [3.05, 3.63) is 97.2 Å². The topological polar surface area (TPSA) is 78.9 Å². The predicted octanol–water partition coefficient (Wildman–Crippen LogP) is 22.8. The van der Waals surface area contributed by atoms with Gasteiger partial charge in [-0.1, -0.05) is 317 Å². The van der Waals surface area contributed by atoms with Gasteiger partial charge in [0.1, 0.15) is 13.2 Å². The minimum Gasteiger partial charge on any atom is -0.462 e. The lowest BCUT2D eigenvalue weighted by atomic mass is 10.0. The second-order valence-electron chi connectivity index (χ2n) is 22.0. The standard InChI is InChI=1S/C72H124O6/c1-4-7-10-13-16-19-22-25-27-29-31-33-34-35-36-37-39-40-42-44-47-50-53-56-59-62-65-71(74)77-68-69(67-76-70(73)64-61-58-55-52-49-46-24-21-18-15-12-9-6-3)78-72(75)66-63-60-57-54-51-48-45-43-41-38-32-30-28-26-23-20-17-14-11-8-5-2/h8-9,11-12,17-18,20-21,26,28,32,38,46,49,55,58,69H,4-7,10,13-16,19,22-25,27,29-31,33-37,39-45,47-48,50-54,56-57,59-68H2,1-3H3/b11-8-,12-9-,20-17-,21-18-,28-26-,38-32-,49-46-,58-55-. The van der Waals surface area contributed by atoms with Crippen LogP contribution in [0.4, 0.5) is 0 Å². The lowest BCUT2D eigenvalue weighted by molar-refractivity contribution is -0.166. The molecule has 6 heteroatoms. The highest BCUT2D eigenvalue weighted by molar-refractivity contribution is 5.71. The zero-order valence-electron chi connectivity index (χ0n) is 51.4. The fraction of sp³-hybridized carbons (Fsp3) is 0.736. The Labute approximate surface area is 483 Å². The van der Waals surface area contributed by atoms with E-state index in [9.17, 15) is 14.4 Å². The maximum absolute atomic E-state index is 12.9. The van der Waals surface area contributed by atoms with Gasteiger partial charge >= 0.3 is 17.9 Å². The van der Waals surface area contributed by atoms with E-state index in [1.165, 1.54) is 180 Å². The molecule has 0 rings (SSSR count). The molecule has 0 amide bonds. The molecule has 0 N–H and O–H groups in total. The van der Waals surface area contributed by atoms with E-state index in [-0.39, 0.29) is 37.5 Å². The van der Waals surface area contributed by atoms with E-state index in [1.54, 1.807) is 0 Å². The van der Waals surface area contributed by atoms with Crippen LogP contribution in [-0.4, -0.2) is 37.2 Å². The number of unbranched alkanes of at least 4 members (excludes halogenated alkanes) is 33. The fourth-order valence-electron chi connectivity index (χ4n) is 9.45. The number of rotatable bonds is 60. The van der Waals surface area contributed by atoms with E-state index in [0.717, 1.165) is 96.3 Å².